The average molecular weight is 312 g/mol. The van der Waals surface area contributed by atoms with Gasteiger partial charge in [-0.25, -0.2) is 4.79 Å². The van der Waals surface area contributed by atoms with Crippen molar-refractivity contribution in [3.05, 3.63) is 34.4 Å². The van der Waals surface area contributed by atoms with Crippen molar-refractivity contribution in [2.24, 2.45) is 0 Å². The summed E-state index contributed by atoms with van der Waals surface area (Å²) in [6, 6.07) is 5.31. The zero-order chi connectivity index (χ0) is 16.8. The Kier molecular flexibility index (Phi) is 5.81. The molecule has 0 aromatic heterocycles. The minimum atomic E-state index is -1.59. The molecular weight excluding hydrogens is 296 g/mol. The molecule has 9 nitrogen and oxygen atoms in total. The second-order valence-corrected chi connectivity index (χ2v) is 4.66. The highest BCUT2D eigenvalue weighted by atomic mass is 16.6. The first-order valence-electron chi connectivity index (χ1n) is 6.19. The molecule has 2 N–H and O–H groups in total. The number of non-ortho nitro benzene ring substituents is 1. The van der Waals surface area contributed by atoms with E-state index in [0.717, 1.165) is 0 Å². The third kappa shape index (κ3) is 4.70. The summed E-state index contributed by atoms with van der Waals surface area (Å²) in [4.78, 5) is 32.9. The molecule has 0 fully saturated rings. The van der Waals surface area contributed by atoms with Crippen molar-refractivity contribution < 1.29 is 29.1 Å². The van der Waals surface area contributed by atoms with Crippen molar-refractivity contribution in [1.29, 1.82) is 0 Å². The molecule has 1 rings (SSSR count). The van der Waals surface area contributed by atoms with E-state index in [1.807, 2.05) is 0 Å². The van der Waals surface area contributed by atoms with Crippen LogP contribution >= 0.6 is 0 Å². The standard InChI is InChI=1S/C13H16N2O7/c1-13(8-21-2,12(17)18)14-11(16)7-22-10-5-3-4-9(6-10)15(19)20/h3-6H,7-8H2,1-2H3,(H,14,16)(H,17,18). The molecule has 0 aliphatic carbocycles. The van der Waals surface area contributed by atoms with E-state index >= 15 is 0 Å². The number of aliphatic carboxylic acids is 1. The molecule has 0 aliphatic rings. The summed E-state index contributed by atoms with van der Waals surface area (Å²) in [7, 11) is 1.31. The van der Waals surface area contributed by atoms with Crippen LogP contribution in [0.3, 0.4) is 0 Å². The predicted molar refractivity (Wildman–Crippen MR) is 74.7 cm³/mol. The number of nitrogens with one attached hydrogen (secondary N) is 1. The zero-order valence-electron chi connectivity index (χ0n) is 12.1. The third-order valence-corrected chi connectivity index (χ3v) is 2.72. The van der Waals surface area contributed by atoms with Crippen molar-refractivity contribution in [2.45, 2.75) is 12.5 Å². The minimum absolute atomic E-state index is 0.133. The van der Waals surface area contributed by atoms with Crippen LogP contribution in [0.4, 0.5) is 5.69 Å². The highest BCUT2D eigenvalue weighted by molar-refractivity contribution is 5.87. The fourth-order valence-corrected chi connectivity index (χ4v) is 1.62. The number of carbonyl (C=O) groups is 2. The number of hydrogen-bond acceptors (Lipinski definition) is 6. The number of nitro groups is 1. The molecule has 1 aromatic rings. The summed E-state index contributed by atoms with van der Waals surface area (Å²) in [5, 5.41) is 22.0. The SMILES string of the molecule is COCC(C)(NC(=O)COc1cccc([N+](=O)[O-])c1)C(=O)O. The molecule has 22 heavy (non-hydrogen) atoms. The van der Waals surface area contributed by atoms with Crippen molar-refractivity contribution in [2.75, 3.05) is 20.3 Å². The Morgan fingerprint density at radius 3 is 2.68 bits per heavy atom. The number of benzene rings is 1. The highest BCUT2D eigenvalue weighted by Crippen LogP contribution is 2.18. The zero-order valence-corrected chi connectivity index (χ0v) is 12.1. The van der Waals surface area contributed by atoms with Crippen LogP contribution in [0.15, 0.2) is 24.3 Å². The average Bonchev–Trinajstić information content (AvgIpc) is 2.45. The van der Waals surface area contributed by atoms with E-state index in [9.17, 15) is 19.7 Å². The Balaban J connectivity index is 2.64. The summed E-state index contributed by atoms with van der Waals surface area (Å²) in [6.07, 6.45) is 0. The maximum atomic E-state index is 11.7. The number of nitro benzene ring substituents is 1. The van der Waals surface area contributed by atoms with Crippen LogP contribution in [0.25, 0.3) is 0 Å². The summed E-state index contributed by atoms with van der Waals surface area (Å²) in [5.74, 6) is -1.81. The van der Waals surface area contributed by atoms with Crippen LogP contribution in [0.1, 0.15) is 6.92 Å². The second kappa shape index (κ2) is 7.36. The van der Waals surface area contributed by atoms with Crippen LogP contribution in [0.5, 0.6) is 5.75 Å². The summed E-state index contributed by atoms with van der Waals surface area (Å²) >= 11 is 0. The van der Waals surface area contributed by atoms with E-state index < -0.39 is 28.9 Å². The van der Waals surface area contributed by atoms with Gasteiger partial charge in [-0.15, -0.1) is 0 Å². The summed E-state index contributed by atoms with van der Waals surface area (Å²) in [6.45, 7) is 0.600. The van der Waals surface area contributed by atoms with E-state index in [-0.39, 0.29) is 18.0 Å². The van der Waals surface area contributed by atoms with Gasteiger partial charge < -0.3 is 19.9 Å². The Bertz CT molecular complexity index is 575. The molecule has 0 heterocycles. The molecule has 1 atom stereocenters. The Morgan fingerprint density at radius 1 is 1.45 bits per heavy atom. The molecule has 1 amide bonds. The quantitative estimate of drug-likeness (QED) is 0.530. The van der Waals surface area contributed by atoms with E-state index in [4.69, 9.17) is 14.6 Å². The molecule has 0 saturated heterocycles. The van der Waals surface area contributed by atoms with Crippen molar-refractivity contribution in [3.63, 3.8) is 0 Å². The number of methoxy groups -OCH3 is 1. The number of nitrogens with zero attached hydrogens (tertiary/aromatic N) is 1. The molecule has 1 aromatic carbocycles. The lowest BCUT2D eigenvalue weighted by Crippen LogP contribution is -2.56. The Hall–Kier alpha value is -2.68. The van der Waals surface area contributed by atoms with E-state index in [0.29, 0.717) is 0 Å². The maximum absolute atomic E-state index is 11.7. The monoisotopic (exact) mass is 312 g/mol. The molecule has 0 aliphatic heterocycles. The van der Waals surface area contributed by atoms with Crippen LogP contribution in [-0.4, -0.2) is 47.8 Å². The number of carboxylic acids is 1. The number of amides is 1. The van der Waals surface area contributed by atoms with E-state index in [2.05, 4.69) is 5.32 Å². The predicted octanol–water partition coefficient (Wildman–Crippen LogP) is 0.579. The first-order valence-corrected chi connectivity index (χ1v) is 6.19. The number of rotatable bonds is 8. The van der Waals surface area contributed by atoms with Gasteiger partial charge in [-0.1, -0.05) is 6.07 Å². The number of ether oxygens (including phenoxy) is 2. The largest absolute Gasteiger partial charge is 0.484 e. The van der Waals surface area contributed by atoms with Crippen LogP contribution < -0.4 is 10.1 Å². The van der Waals surface area contributed by atoms with Gasteiger partial charge in [0.15, 0.2) is 12.1 Å². The van der Waals surface area contributed by atoms with Crippen LogP contribution in [0, 0.1) is 10.1 Å². The highest BCUT2D eigenvalue weighted by Gasteiger charge is 2.35. The normalized spacial score (nSPS) is 13.0. The van der Waals surface area contributed by atoms with Crippen molar-refractivity contribution in [3.8, 4) is 5.75 Å². The maximum Gasteiger partial charge on any atom is 0.331 e. The molecule has 0 spiro atoms. The fraction of sp³-hybridized carbons (Fsp3) is 0.385. The lowest BCUT2D eigenvalue weighted by Gasteiger charge is -2.25. The lowest BCUT2D eigenvalue weighted by molar-refractivity contribution is -0.384. The number of hydrogen-bond donors (Lipinski definition) is 2. The van der Waals surface area contributed by atoms with Gasteiger partial charge in [0.05, 0.1) is 17.6 Å². The van der Waals surface area contributed by atoms with Gasteiger partial charge in [0.1, 0.15) is 5.75 Å². The topological polar surface area (TPSA) is 128 Å². The third-order valence-electron chi connectivity index (χ3n) is 2.72. The van der Waals surface area contributed by atoms with Crippen LogP contribution in [-0.2, 0) is 14.3 Å². The molecule has 9 heteroatoms. The lowest BCUT2D eigenvalue weighted by atomic mass is 10.0. The van der Waals surface area contributed by atoms with Crippen molar-refractivity contribution >= 4 is 17.6 Å². The van der Waals surface area contributed by atoms with Gasteiger partial charge in [0.25, 0.3) is 11.6 Å². The fourth-order valence-electron chi connectivity index (χ4n) is 1.62. The summed E-state index contributed by atoms with van der Waals surface area (Å²) in [5.41, 5.74) is -1.76. The molecular formula is C13H16N2O7. The Morgan fingerprint density at radius 2 is 2.14 bits per heavy atom. The Labute approximate surface area is 126 Å². The number of carbonyl (C=O) groups excluding carboxylic acids is 1. The van der Waals surface area contributed by atoms with Gasteiger partial charge in [0, 0.05) is 13.2 Å². The number of carboxylic acid groups (broad SMARTS) is 1. The smallest absolute Gasteiger partial charge is 0.331 e. The van der Waals surface area contributed by atoms with Gasteiger partial charge in [-0.3, -0.25) is 14.9 Å². The minimum Gasteiger partial charge on any atom is -0.484 e. The summed E-state index contributed by atoms with van der Waals surface area (Å²) < 4.78 is 9.87. The molecule has 0 bridgehead atoms. The van der Waals surface area contributed by atoms with Crippen LogP contribution in [0.2, 0.25) is 0 Å². The van der Waals surface area contributed by atoms with Gasteiger partial charge in [-0.05, 0) is 13.0 Å². The molecule has 0 radical (unpaired) electrons. The first kappa shape index (κ1) is 17.4. The second-order valence-electron chi connectivity index (χ2n) is 4.66. The van der Waals surface area contributed by atoms with Crippen molar-refractivity contribution in [1.82, 2.24) is 5.32 Å². The molecule has 0 saturated carbocycles. The van der Waals surface area contributed by atoms with E-state index in [1.165, 1.54) is 38.3 Å². The first-order chi connectivity index (χ1) is 10.3. The van der Waals surface area contributed by atoms with E-state index in [1.54, 1.807) is 0 Å². The van der Waals surface area contributed by atoms with Gasteiger partial charge in [0.2, 0.25) is 0 Å². The molecule has 120 valence electrons. The van der Waals surface area contributed by atoms with Gasteiger partial charge >= 0.3 is 5.97 Å². The van der Waals surface area contributed by atoms with Gasteiger partial charge in [-0.2, -0.15) is 0 Å². The molecule has 1 unspecified atom stereocenters.